The molecule has 1 aromatic heterocycles. The summed E-state index contributed by atoms with van der Waals surface area (Å²) >= 11 is 0. The molecule has 1 aliphatic heterocycles. The van der Waals surface area contributed by atoms with Crippen molar-refractivity contribution in [3.8, 4) is 0 Å². The first-order valence-electron chi connectivity index (χ1n) is 8.81. The van der Waals surface area contributed by atoms with E-state index in [1.165, 1.54) is 22.0 Å². The zero-order valence-electron chi connectivity index (χ0n) is 13.9. The highest BCUT2D eigenvalue weighted by Gasteiger charge is 2.21. The number of nitrogens with zero attached hydrogens (tertiary/aromatic N) is 1. The first-order chi connectivity index (χ1) is 11.9. The van der Waals surface area contributed by atoms with Crippen LogP contribution in [0.4, 0.5) is 0 Å². The van der Waals surface area contributed by atoms with Crippen LogP contribution in [0.5, 0.6) is 0 Å². The quantitative estimate of drug-likeness (QED) is 0.769. The molecule has 1 N–H and O–H groups in total. The fourth-order valence-electron chi connectivity index (χ4n) is 3.57. The highest BCUT2D eigenvalue weighted by atomic mass is 16.5. The number of nitrogens with one attached hydrogen (secondary N) is 1. The second-order valence-corrected chi connectivity index (χ2v) is 6.61. The summed E-state index contributed by atoms with van der Waals surface area (Å²) in [4.78, 5) is 5.90. The lowest BCUT2D eigenvalue weighted by molar-refractivity contribution is -0.0344. The standard InChI is InChI=1S/C21H24N2O/c1-2-6-17(7-3-1)10-11-19-16-23(12-13-24-19)15-18-14-22-21-9-5-4-8-20(18)21/h1-9,14,19,22H,10-13,15-16H2. The first kappa shape index (κ1) is 15.4. The molecule has 24 heavy (non-hydrogen) atoms. The Balaban J connectivity index is 1.36. The smallest absolute Gasteiger partial charge is 0.0705 e. The van der Waals surface area contributed by atoms with Crippen LogP contribution in [0.25, 0.3) is 10.9 Å². The Morgan fingerprint density at radius 2 is 1.88 bits per heavy atom. The average Bonchev–Trinajstić information content (AvgIpc) is 3.04. The molecule has 0 saturated carbocycles. The Morgan fingerprint density at radius 3 is 2.79 bits per heavy atom. The molecule has 0 aliphatic carbocycles. The van der Waals surface area contributed by atoms with Crippen LogP contribution in [-0.4, -0.2) is 35.7 Å². The predicted octanol–water partition coefficient (Wildman–Crippen LogP) is 4.00. The van der Waals surface area contributed by atoms with Gasteiger partial charge in [0.2, 0.25) is 0 Å². The normalized spacial score (nSPS) is 18.9. The molecule has 3 aromatic rings. The van der Waals surface area contributed by atoms with Crippen molar-refractivity contribution in [2.75, 3.05) is 19.7 Å². The monoisotopic (exact) mass is 320 g/mol. The third kappa shape index (κ3) is 3.53. The number of morpholine rings is 1. The Labute approximate surface area is 143 Å². The highest BCUT2D eigenvalue weighted by molar-refractivity contribution is 5.82. The number of aromatic amines is 1. The molecule has 2 aromatic carbocycles. The number of ether oxygens (including phenoxy) is 1. The van der Waals surface area contributed by atoms with Crippen molar-refractivity contribution in [3.63, 3.8) is 0 Å². The van der Waals surface area contributed by atoms with Gasteiger partial charge in [-0.25, -0.2) is 0 Å². The van der Waals surface area contributed by atoms with Gasteiger partial charge in [-0.3, -0.25) is 4.90 Å². The third-order valence-electron chi connectivity index (χ3n) is 4.89. The van der Waals surface area contributed by atoms with Gasteiger partial charge in [0.25, 0.3) is 0 Å². The van der Waals surface area contributed by atoms with Crippen molar-refractivity contribution in [2.45, 2.75) is 25.5 Å². The molecule has 0 amide bonds. The molecule has 1 aliphatic rings. The molecular weight excluding hydrogens is 296 g/mol. The second kappa shape index (κ2) is 7.20. The van der Waals surface area contributed by atoms with Crippen LogP contribution in [0.3, 0.4) is 0 Å². The molecule has 0 bridgehead atoms. The summed E-state index contributed by atoms with van der Waals surface area (Å²) in [5, 5.41) is 1.34. The Bertz CT molecular complexity index is 781. The Kier molecular flexibility index (Phi) is 4.63. The molecule has 1 unspecified atom stereocenters. The van der Waals surface area contributed by atoms with E-state index in [4.69, 9.17) is 4.74 Å². The zero-order valence-corrected chi connectivity index (χ0v) is 13.9. The summed E-state index contributed by atoms with van der Waals surface area (Å²) in [5.74, 6) is 0. The number of hydrogen-bond donors (Lipinski definition) is 1. The van der Waals surface area contributed by atoms with Gasteiger partial charge >= 0.3 is 0 Å². The topological polar surface area (TPSA) is 28.3 Å². The lowest BCUT2D eigenvalue weighted by atomic mass is 10.1. The van der Waals surface area contributed by atoms with Gasteiger partial charge in [-0.05, 0) is 30.0 Å². The van der Waals surface area contributed by atoms with Crippen LogP contribution in [-0.2, 0) is 17.7 Å². The van der Waals surface area contributed by atoms with Crippen molar-refractivity contribution in [1.29, 1.82) is 0 Å². The van der Waals surface area contributed by atoms with Gasteiger partial charge in [0, 0.05) is 36.7 Å². The summed E-state index contributed by atoms with van der Waals surface area (Å²) in [6.45, 7) is 3.87. The molecule has 1 atom stereocenters. The largest absolute Gasteiger partial charge is 0.376 e. The summed E-state index contributed by atoms with van der Waals surface area (Å²) in [5.41, 5.74) is 4.01. The van der Waals surface area contributed by atoms with Gasteiger partial charge in [-0.2, -0.15) is 0 Å². The first-order valence-corrected chi connectivity index (χ1v) is 8.81. The second-order valence-electron chi connectivity index (χ2n) is 6.61. The number of fused-ring (bicyclic) bond motifs is 1. The van der Waals surface area contributed by atoms with Crippen LogP contribution < -0.4 is 0 Å². The SMILES string of the molecule is c1ccc(CCC2CN(Cc3c[nH]c4ccccc34)CCO2)cc1. The molecule has 3 nitrogen and oxygen atoms in total. The van der Waals surface area contributed by atoms with E-state index in [0.717, 1.165) is 39.1 Å². The predicted molar refractivity (Wildman–Crippen MR) is 98.1 cm³/mol. The number of para-hydroxylation sites is 1. The minimum atomic E-state index is 0.337. The van der Waals surface area contributed by atoms with Gasteiger partial charge in [0.15, 0.2) is 0 Å². The fraction of sp³-hybridized carbons (Fsp3) is 0.333. The van der Waals surface area contributed by atoms with Gasteiger partial charge in [0.05, 0.1) is 12.7 Å². The van der Waals surface area contributed by atoms with E-state index in [2.05, 4.69) is 70.7 Å². The molecular formula is C21H24N2O. The van der Waals surface area contributed by atoms with Crippen molar-refractivity contribution in [1.82, 2.24) is 9.88 Å². The summed E-state index contributed by atoms with van der Waals surface area (Å²) in [6.07, 6.45) is 4.67. The fourth-order valence-corrected chi connectivity index (χ4v) is 3.57. The van der Waals surface area contributed by atoms with E-state index in [0.29, 0.717) is 6.10 Å². The summed E-state index contributed by atoms with van der Waals surface area (Å²) in [6, 6.07) is 19.2. The maximum absolute atomic E-state index is 5.99. The van der Waals surface area contributed by atoms with Crippen LogP contribution in [0, 0.1) is 0 Å². The summed E-state index contributed by atoms with van der Waals surface area (Å²) < 4.78 is 5.99. The molecule has 0 spiro atoms. The molecule has 0 radical (unpaired) electrons. The molecule has 1 saturated heterocycles. The highest BCUT2D eigenvalue weighted by Crippen LogP contribution is 2.21. The van der Waals surface area contributed by atoms with E-state index < -0.39 is 0 Å². The van der Waals surface area contributed by atoms with Gasteiger partial charge in [0.1, 0.15) is 0 Å². The van der Waals surface area contributed by atoms with E-state index in [-0.39, 0.29) is 0 Å². The van der Waals surface area contributed by atoms with Crippen molar-refractivity contribution in [3.05, 3.63) is 71.9 Å². The van der Waals surface area contributed by atoms with E-state index >= 15 is 0 Å². The average molecular weight is 320 g/mol. The lowest BCUT2D eigenvalue weighted by Gasteiger charge is -2.33. The zero-order chi connectivity index (χ0) is 16.2. The lowest BCUT2D eigenvalue weighted by Crippen LogP contribution is -2.42. The Morgan fingerprint density at radius 1 is 1.04 bits per heavy atom. The van der Waals surface area contributed by atoms with Crippen molar-refractivity contribution in [2.24, 2.45) is 0 Å². The van der Waals surface area contributed by atoms with Crippen LogP contribution in [0.15, 0.2) is 60.8 Å². The van der Waals surface area contributed by atoms with Gasteiger partial charge < -0.3 is 9.72 Å². The van der Waals surface area contributed by atoms with Crippen molar-refractivity contribution < 1.29 is 4.74 Å². The van der Waals surface area contributed by atoms with Crippen molar-refractivity contribution >= 4 is 10.9 Å². The molecule has 4 rings (SSSR count). The minimum Gasteiger partial charge on any atom is -0.376 e. The van der Waals surface area contributed by atoms with Crippen LogP contribution in [0.2, 0.25) is 0 Å². The molecule has 124 valence electrons. The molecule has 3 heteroatoms. The third-order valence-corrected chi connectivity index (χ3v) is 4.89. The summed E-state index contributed by atoms with van der Waals surface area (Å²) in [7, 11) is 0. The van der Waals surface area contributed by atoms with Gasteiger partial charge in [-0.15, -0.1) is 0 Å². The number of aromatic nitrogens is 1. The number of aryl methyl sites for hydroxylation is 1. The Hall–Kier alpha value is -2.10. The van der Waals surface area contributed by atoms with Crippen LogP contribution >= 0.6 is 0 Å². The maximum Gasteiger partial charge on any atom is 0.0705 e. The molecule has 2 heterocycles. The van der Waals surface area contributed by atoms with E-state index in [1.54, 1.807) is 0 Å². The minimum absolute atomic E-state index is 0.337. The number of H-pyrrole nitrogens is 1. The number of benzene rings is 2. The number of hydrogen-bond acceptors (Lipinski definition) is 2. The number of rotatable bonds is 5. The maximum atomic E-state index is 5.99. The van der Waals surface area contributed by atoms with E-state index in [1.807, 2.05) is 0 Å². The molecule has 1 fully saturated rings. The van der Waals surface area contributed by atoms with Gasteiger partial charge in [-0.1, -0.05) is 48.5 Å². The van der Waals surface area contributed by atoms with Crippen LogP contribution in [0.1, 0.15) is 17.5 Å². The van der Waals surface area contributed by atoms with E-state index in [9.17, 15) is 0 Å².